The summed E-state index contributed by atoms with van der Waals surface area (Å²) in [5.74, 6) is 1.32. The second-order valence-corrected chi connectivity index (χ2v) is 6.99. The summed E-state index contributed by atoms with van der Waals surface area (Å²) in [6.45, 7) is 3.40. The lowest BCUT2D eigenvalue weighted by Crippen LogP contribution is -2.39. The molecule has 1 saturated heterocycles. The second-order valence-electron chi connectivity index (χ2n) is 6.99. The SMILES string of the molecule is Cc1ncc(C(=O)N2CCC(Cc3cnc4ccccc4c3)CC2)cn1. The van der Waals surface area contributed by atoms with Crippen molar-refractivity contribution in [3.05, 3.63) is 65.9 Å². The lowest BCUT2D eigenvalue weighted by Gasteiger charge is -2.32. The van der Waals surface area contributed by atoms with Crippen molar-refractivity contribution in [2.24, 2.45) is 5.92 Å². The molecule has 5 heteroatoms. The Morgan fingerprint density at radius 3 is 2.58 bits per heavy atom. The van der Waals surface area contributed by atoms with Crippen LogP contribution in [-0.2, 0) is 6.42 Å². The average molecular weight is 346 g/mol. The van der Waals surface area contributed by atoms with E-state index in [9.17, 15) is 4.79 Å². The van der Waals surface area contributed by atoms with Gasteiger partial charge in [-0.1, -0.05) is 18.2 Å². The van der Waals surface area contributed by atoms with Gasteiger partial charge in [0.15, 0.2) is 0 Å². The lowest BCUT2D eigenvalue weighted by atomic mass is 9.90. The van der Waals surface area contributed by atoms with Gasteiger partial charge in [-0.2, -0.15) is 0 Å². The number of fused-ring (bicyclic) bond motifs is 1. The summed E-state index contributed by atoms with van der Waals surface area (Å²) in [6.07, 6.45) is 8.29. The lowest BCUT2D eigenvalue weighted by molar-refractivity contribution is 0.0689. The van der Waals surface area contributed by atoms with Crippen LogP contribution in [0.2, 0.25) is 0 Å². The maximum atomic E-state index is 12.6. The van der Waals surface area contributed by atoms with Gasteiger partial charge < -0.3 is 4.90 Å². The topological polar surface area (TPSA) is 59.0 Å². The molecule has 0 radical (unpaired) electrons. The fraction of sp³-hybridized carbons (Fsp3) is 0.333. The number of hydrogen-bond donors (Lipinski definition) is 0. The number of piperidine rings is 1. The van der Waals surface area contributed by atoms with E-state index in [-0.39, 0.29) is 5.91 Å². The Hall–Kier alpha value is -2.82. The van der Waals surface area contributed by atoms with Crippen molar-refractivity contribution >= 4 is 16.8 Å². The van der Waals surface area contributed by atoms with Crippen molar-refractivity contribution in [1.82, 2.24) is 19.9 Å². The largest absolute Gasteiger partial charge is 0.339 e. The van der Waals surface area contributed by atoms with Gasteiger partial charge in [0.25, 0.3) is 5.91 Å². The first kappa shape index (κ1) is 16.6. The summed E-state index contributed by atoms with van der Waals surface area (Å²) in [4.78, 5) is 27.3. The number of aryl methyl sites for hydroxylation is 1. The van der Waals surface area contributed by atoms with Crippen molar-refractivity contribution in [2.75, 3.05) is 13.1 Å². The van der Waals surface area contributed by atoms with Crippen molar-refractivity contribution in [2.45, 2.75) is 26.2 Å². The van der Waals surface area contributed by atoms with Crippen LogP contribution >= 0.6 is 0 Å². The Labute approximate surface area is 153 Å². The molecule has 1 aliphatic rings. The Morgan fingerprint density at radius 1 is 1.08 bits per heavy atom. The highest BCUT2D eigenvalue weighted by molar-refractivity contribution is 5.93. The molecule has 132 valence electrons. The quantitative estimate of drug-likeness (QED) is 0.729. The van der Waals surface area contributed by atoms with E-state index in [0.717, 1.165) is 37.9 Å². The summed E-state index contributed by atoms with van der Waals surface area (Å²) < 4.78 is 0. The molecular weight excluding hydrogens is 324 g/mol. The van der Waals surface area contributed by atoms with Crippen LogP contribution in [0.4, 0.5) is 0 Å². The number of para-hydroxylation sites is 1. The highest BCUT2D eigenvalue weighted by Crippen LogP contribution is 2.24. The van der Waals surface area contributed by atoms with Crippen LogP contribution in [0.5, 0.6) is 0 Å². The van der Waals surface area contributed by atoms with Crippen molar-refractivity contribution in [3.63, 3.8) is 0 Å². The van der Waals surface area contributed by atoms with Gasteiger partial charge in [0, 0.05) is 37.1 Å². The maximum absolute atomic E-state index is 12.6. The van der Waals surface area contributed by atoms with Crippen LogP contribution in [0.3, 0.4) is 0 Å². The van der Waals surface area contributed by atoms with Gasteiger partial charge in [-0.25, -0.2) is 9.97 Å². The fourth-order valence-corrected chi connectivity index (χ4v) is 3.59. The number of benzene rings is 1. The normalized spacial score (nSPS) is 15.3. The molecule has 0 unspecified atom stereocenters. The Bertz CT molecular complexity index is 915. The third-order valence-corrected chi connectivity index (χ3v) is 5.10. The highest BCUT2D eigenvalue weighted by Gasteiger charge is 2.24. The van der Waals surface area contributed by atoms with Crippen LogP contribution < -0.4 is 0 Å². The molecule has 0 saturated carbocycles. The van der Waals surface area contributed by atoms with Crippen LogP contribution in [0.15, 0.2) is 48.9 Å². The van der Waals surface area contributed by atoms with Crippen molar-refractivity contribution in [1.29, 1.82) is 0 Å². The molecule has 26 heavy (non-hydrogen) atoms. The summed E-state index contributed by atoms with van der Waals surface area (Å²) in [6, 6.07) is 10.5. The number of aromatic nitrogens is 3. The smallest absolute Gasteiger partial charge is 0.256 e. The molecule has 2 aromatic heterocycles. The number of likely N-dealkylation sites (tertiary alicyclic amines) is 1. The van der Waals surface area contributed by atoms with Gasteiger partial charge in [-0.3, -0.25) is 9.78 Å². The molecule has 1 amide bonds. The van der Waals surface area contributed by atoms with E-state index in [1.165, 1.54) is 10.9 Å². The fourth-order valence-electron chi connectivity index (χ4n) is 3.59. The molecule has 3 aromatic rings. The first-order chi connectivity index (χ1) is 12.7. The average Bonchev–Trinajstić information content (AvgIpc) is 2.68. The third kappa shape index (κ3) is 3.57. The summed E-state index contributed by atoms with van der Waals surface area (Å²) in [7, 11) is 0. The molecule has 0 N–H and O–H groups in total. The van der Waals surface area contributed by atoms with Crippen LogP contribution in [-0.4, -0.2) is 38.8 Å². The molecule has 1 aromatic carbocycles. The third-order valence-electron chi connectivity index (χ3n) is 5.10. The molecule has 3 heterocycles. The zero-order chi connectivity index (χ0) is 17.9. The zero-order valence-corrected chi connectivity index (χ0v) is 14.9. The Kier molecular flexibility index (Phi) is 4.61. The summed E-state index contributed by atoms with van der Waals surface area (Å²) >= 11 is 0. The van der Waals surface area contributed by atoms with E-state index < -0.39 is 0 Å². The van der Waals surface area contributed by atoms with E-state index >= 15 is 0 Å². The molecular formula is C21H22N4O. The number of amides is 1. The van der Waals surface area contributed by atoms with E-state index in [1.54, 1.807) is 12.4 Å². The first-order valence-electron chi connectivity index (χ1n) is 9.10. The molecule has 4 rings (SSSR count). The second kappa shape index (κ2) is 7.20. The summed E-state index contributed by atoms with van der Waals surface area (Å²) in [5.41, 5.74) is 2.89. The minimum Gasteiger partial charge on any atom is -0.339 e. The molecule has 0 spiro atoms. The molecule has 5 nitrogen and oxygen atoms in total. The Morgan fingerprint density at radius 2 is 1.81 bits per heavy atom. The zero-order valence-electron chi connectivity index (χ0n) is 14.9. The van der Waals surface area contributed by atoms with Crippen LogP contribution in [0, 0.1) is 12.8 Å². The maximum Gasteiger partial charge on any atom is 0.256 e. The minimum absolute atomic E-state index is 0.0378. The molecule has 1 fully saturated rings. The number of carbonyl (C=O) groups excluding carboxylic acids is 1. The standard InChI is InChI=1S/C21H22N4O/c1-15-22-13-19(14-23-15)21(26)25-8-6-16(7-9-25)10-17-11-18-4-2-3-5-20(18)24-12-17/h2-5,11-14,16H,6-10H2,1H3. The van der Waals surface area contributed by atoms with Gasteiger partial charge in [0.2, 0.25) is 0 Å². The molecule has 1 aliphatic heterocycles. The predicted molar refractivity (Wildman–Crippen MR) is 101 cm³/mol. The number of nitrogens with zero attached hydrogens (tertiary/aromatic N) is 4. The van der Waals surface area contributed by atoms with Gasteiger partial charge >= 0.3 is 0 Å². The number of hydrogen-bond acceptors (Lipinski definition) is 4. The van der Waals surface area contributed by atoms with Crippen LogP contribution in [0.25, 0.3) is 10.9 Å². The number of carbonyl (C=O) groups is 1. The van der Waals surface area contributed by atoms with Crippen molar-refractivity contribution in [3.8, 4) is 0 Å². The van der Waals surface area contributed by atoms with Gasteiger partial charge in [0.05, 0.1) is 11.1 Å². The van der Waals surface area contributed by atoms with Crippen molar-refractivity contribution < 1.29 is 4.79 Å². The Balaban J connectivity index is 1.37. The minimum atomic E-state index is 0.0378. The van der Waals surface area contributed by atoms with E-state index in [2.05, 4.69) is 27.1 Å². The van der Waals surface area contributed by atoms with Gasteiger partial charge in [0.1, 0.15) is 5.82 Å². The number of rotatable bonds is 3. The van der Waals surface area contributed by atoms with Gasteiger partial charge in [-0.05, 0) is 49.8 Å². The number of pyridine rings is 1. The van der Waals surface area contributed by atoms with E-state index in [0.29, 0.717) is 17.3 Å². The monoisotopic (exact) mass is 346 g/mol. The first-order valence-corrected chi connectivity index (χ1v) is 9.10. The van der Waals surface area contributed by atoms with Gasteiger partial charge in [-0.15, -0.1) is 0 Å². The molecule has 0 aliphatic carbocycles. The molecule has 0 atom stereocenters. The van der Waals surface area contributed by atoms with E-state index in [1.807, 2.05) is 36.2 Å². The molecule has 0 bridgehead atoms. The predicted octanol–water partition coefficient (Wildman–Crippen LogP) is 3.43. The summed E-state index contributed by atoms with van der Waals surface area (Å²) in [5, 5.41) is 1.19. The van der Waals surface area contributed by atoms with E-state index in [4.69, 9.17) is 0 Å². The van der Waals surface area contributed by atoms with Crippen LogP contribution in [0.1, 0.15) is 34.6 Å². The highest BCUT2D eigenvalue weighted by atomic mass is 16.2.